The highest BCUT2D eigenvalue weighted by molar-refractivity contribution is 9.10. The molecule has 0 heterocycles. The zero-order chi connectivity index (χ0) is 19.3. The predicted octanol–water partition coefficient (Wildman–Crippen LogP) is 2.47. The Hall–Kier alpha value is -2.18. The molecule has 0 aliphatic carbocycles. The molecule has 26 heavy (non-hydrogen) atoms. The number of hydrogen-bond donors (Lipinski definition) is 3. The van der Waals surface area contributed by atoms with Crippen LogP contribution in [-0.2, 0) is 9.59 Å². The highest BCUT2D eigenvalue weighted by Gasteiger charge is 2.16. The Morgan fingerprint density at radius 2 is 1.54 bits per heavy atom. The van der Waals surface area contributed by atoms with E-state index in [1.807, 2.05) is 64.2 Å². The zero-order valence-corrected chi connectivity index (χ0v) is 17.2. The third-order valence-electron chi connectivity index (χ3n) is 3.97. The first-order valence-corrected chi connectivity index (χ1v) is 9.28. The van der Waals surface area contributed by atoms with Crippen LogP contribution in [0.2, 0.25) is 0 Å². The molecule has 0 aliphatic rings. The second kappa shape index (κ2) is 8.96. The second-order valence-corrected chi connectivity index (χ2v) is 7.61. The van der Waals surface area contributed by atoms with Crippen LogP contribution in [0.1, 0.15) is 16.7 Å². The fourth-order valence-electron chi connectivity index (χ4n) is 2.94. The number of quaternary nitrogens is 1. The van der Waals surface area contributed by atoms with Crippen LogP contribution in [0, 0.1) is 20.8 Å². The quantitative estimate of drug-likeness (QED) is 0.674. The molecule has 0 saturated carbocycles. The minimum absolute atomic E-state index is 0.104. The predicted molar refractivity (Wildman–Crippen MR) is 109 cm³/mol. The summed E-state index contributed by atoms with van der Waals surface area (Å²) in [5.74, 6) is -0.232. The fraction of sp³-hybridized carbons (Fsp3) is 0.300. The Morgan fingerprint density at radius 1 is 0.962 bits per heavy atom. The van der Waals surface area contributed by atoms with Gasteiger partial charge in [-0.3, -0.25) is 9.59 Å². The van der Waals surface area contributed by atoms with E-state index in [-0.39, 0.29) is 24.9 Å². The summed E-state index contributed by atoms with van der Waals surface area (Å²) in [6, 6.07) is 11.5. The van der Waals surface area contributed by atoms with Gasteiger partial charge in [0.05, 0.1) is 7.05 Å². The van der Waals surface area contributed by atoms with Crippen LogP contribution in [0.5, 0.6) is 0 Å². The molecule has 0 spiro atoms. The maximum Gasteiger partial charge on any atom is 0.279 e. The maximum atomic E-state index is 12.3. The van der Waals surface area contributed by atoms with Gasteiger partial charge < -0.3 is 15.5 Å². The summed E-state index contributed by atoms with van der Waals surface area (Å²) in [6.07, 6.45) is 0. The Bertz CT molecular complexity index is 797. The average Bonchev–Trinajstić information content (AvgIpc) is 2.50. The van der Waals surface area contributed by atoms with Gasteiger partial charge in [0.2, 0.25) is 0 Å². The van der Waals surface area contributed by atoms with Crippen LogP contribution < -0.4 is 15.5 Å². The van der Waals surface area contributed by atoms with Crippen molar-refractivity contribution in [1.29, 1.82) is 0 Å². The number of carbonyl (C=O) groups is 2. The Kier molecular flexibility index (Phi) is 6.94. The molecule has 2 aromatic carbocycles. The highest BCUT2D eigenvalue weighted by Crippen LogP contribution is 2.21. The van der Waals surface area contributed by atoms with E-state index in [2.05, 4.69) is 26.6 Å². The molecule has 0 saturated heterocycles. The SMILES string of the molecule is Cc1cc(C)c(NC(=O)C[NH+](C)CC(=O)Nc2cccc(Br)c2)c(C)c1. The number of halogens is 1. The summed E-state index contributed by atoms with van der Waals surface area (Å²) >= 11 is 3.37. The molecule has 138 valence electrons. The number of rotatable bonds is 6. The molecule has 0 aromatic heterocycles. The Morgan fingerprint density at radius 3 is 2.12 bits per heavy atom. The van der Waals surface area contributed by atoms with Gasteiger partial charge in [-0.25, -0.2) is 0 Å². The molecule has 0 radical (unpaired) electrons. The molecule has 0 aliphatic heterocycles. The van der Waals surface area contributed by atoms with Gasteiger partial charge >= 0.3 is 0 Å². The Balaban J connectivity index is 1.88. The monoisotopic (exact) mass is 418 g/mol. The lowest BCUT2D eigenvalue weighted by atomic mass is 10.1. The topological polar surface area (TPSA) is 62.6 Å². The molecule has 0 bridgehead atoms. The highest BCUT2D eigenvalue weighted by atomic mass is 79.9. The van der Waals surface area contributed by atoms with Gasteiger partial charge in [0.25, 0.3) is 11.8 Å². The van der Waals surface area contributed by atoms with Crippen molar-refractivity contribution in [3.05, 3.63) is 57.6 Å². The zero-order valence-electron chi connectivity index (χ0n) is 15.6. The largest absolute Gasteiger partial charge is 0.322 e. The molecular formula is C20H25BrN3O2+. The first kappa shape index (κ1) is 20.1. The van der Waals surface area contributed by atoms with Crippen molar-refractivity contribution < 1.29 is 14.5 Å². The summed E-state index contributed by atoms with van der Waals surface area (Å²) in [4.78, 5) is 25.3. The number of benzene rings is 2. The van der Waals surface area contributed by atoms with Crippen LogP contribution >= 0.6 is 15.9 Å². The molecule has 0 fully saturated rings. The van der Waals surface area contributed by atoms with Crippen molar-refractivity contribution in [2.75, 3.05) is 30.8 Å². The van der Waals surface area contributed by atoms with Gasteiger partial charge in [-0.1, -0.05) is 39.7 Å². The molecular weight excluding hydrogens is 394 g/mol. The standard InChI is InChI=1S/C20H24BrN3O2/c1-13-8-14(2)20(15(3)9-13)23-19(26)12-24(4)11-18(25)22-17-7-5-6-16(21)10-17/h5-10H,11-12H2,1-4H3,(H,22,25)(H,23,26)/p+1. The van der Waals surface area contributed by atoms with Crippen LogP contribution in [0.4, 0.5) is 11.4 Å². The van der Waals surface area contributed by atoms with E-state index in [1.165, 1.54) is 5.56 Å². The molecule has 6 heteroatoms. The molecule has 5 nitrogen and oxygen atoms in total. The van der Waals surface area contributed by atoms with Crippen molar-refractivity contribution in [1.82, 2.24) is 0 Å². The number of hydrogen-bond acceptors (Lipinski definition) is 2. The van der Waals surface area contributed by atoms with Crippen molar-refractivity contribution >= 4 is 39.1 Å². The summed E-state index contributed by atoms with van der Waals surface area (Å²) in [5, 5.41) is 5.81. The summed E-state index contributed by atoms with van der Waals surface area (Å²) < 4.78 is 0.902. The van der Waals surface area contributed by atoms with Crippen molar-refractivity contribution in [3.8, 4) is 0 Å². The molecule has 2 aromatic rings. The third-order valence-corrected chi connectivity index (χ3v) is 4.47. The lowest BCUT2D eigenvalue weighted by molar-refractivity contribution is -0.862. The lowest BCUT2D eigenvalue weighted by Crippen LogP contribution is -3.11. The summed E-state index contributed by atoms with van der Waals surface area (Å²) in [5.41, 5.74) is 4.84. The maximum absolute atomic E-state index is 12.3. The number of carbonyl (C=O) groups excluding carboxylic acids is 2. The number of aryl methyl sites for hydroxylation is 3. The second-order valence-electron chi connectivity index (χ2n) is 6.69. The summed E-state index contributed by atoms with van der Waals surface area (Å²) in [6.45, 7) is 6.44. The van der Waals surface area contributed by atoms with Gasteiger partial charge in [0, 0.05) is 15.8 Å². The first-order valence-electron chi connectivity index (χ1n) is 8.49. The fourth-order valence-corrected chi connectivity index (χ4v) is 3.34. The van der Waals surface area contributed by atoms with E-state index in [9.17, 15) is 9.59 Å². The van der Waals surface area contributed by atoms with E-state index in [1.54, 1.807) is 0 Å². The molecule has 3 N–H and O–H groups in total. The number of amides is 2. The van der Waals surface area contributed by atoms with E-state index in [0.717, 1.165) is 31.9 Å². The van der Waals surface area contributed by atoms with E-state index in [0.29, 0.717) is 0 Å². The third kappa shape index (κ3) is 5.97. The van der Waals surface area contributed by atoms with Crippen LogP contribution in [0.3, 0.4) is 0 Å². The molecule has 1 unspecified atom stereocenters. The number of nitrogens with one attached hydrogen (secondary N) is 3. The van der Waals surface area contributed by atoms with Crippen LogP contribution in [-0.4, -0.2) is 32.0 Å². The molecule has 2 amide bonds. The summed E-state index contributed by atoms with van der Waals surface area (Å²) in [7, 11) is 1.83. The average molecular weight is 419 g/mol. The minimum atomic E-state index is -0.129. The molecule has 2 rings (SSSR count). The van der Waals surface area contributed by atoms with Crippen LogP contribution in [0.25, 0.3) is 0 Å². The van der Waals surface area contributed by atoms with Gasteiger partial charge in [0.15, 0.2) is 13.1 Å². The first-order chi connectivity index (χ1) is 12.2. The smallest absolute Gasteiger partial charge is 0.279 e. The number of likely N-dealkylation sites (N-methyl/N-ethyl adjacent to an activating group) is 1. The Labute approximate surface area is 162 Å². The molecule has 1 atom stereocenters. The van der Waals surface area contributed by atoms with E-state index >= 15 is 0 Å². The van der Waals surface area contributed by atoms with E-state index < -0.39 is 0 Å². The van der Waals surface area contributed by atoms with E-state index in [4.69, 9.17) is 0 Å². The normalized spacial score (nSPS) is 11.7. The van der Waals surface area contributed by atoms with Gasteiger partial charge in [0.1, 0.15) is 0 Å². The lowest BCUT2D eigenvalue weighted by Gasteiger charge is -2.16. The van der Waals surface area contributed by atoms with Gasteiger partial charge in [-0.05, 0) is 50.1 Å². The van der Waals surface area contributed by atoms with Crippen molar-refractivity contribution in [2.45, 2.75) is 20.8 Å². The minimum Gasteiger partial charge on any atom is -0.322 e. The van der Waals surface area contributed by atoms with Gasteiger partial charge in [-0.2, -0.15) is 0 Å². The van der Waals surface area contributed by atoms with Crippen LogP contribution in [0.15, 0.2) is 40.9 Å². The van der Waals surface area contributed by atoms with Crippen molar-refractivity contribution in [2.24, 2.45) is 0 Å². The van der Waals surface area contributed by atoms with Gasteiger partial charge in [-0.15, -0.1) is 0 Å². The van der Waals surface area contributed by atoms with Crippen molar-refractivity contribution in [3.63, 3.8) is 0 Å². The number of anilines is 2.